The van der Waals surface area contributed by atoms with E-state index in [4.69, 9.17) is 9.47 Å². The topological polar surface area (TPSA) is 58.9 Å². The van der Waals surface area contributed by atoms with Crippen LogP contribution in [0.25, 0.3) is 0 Å². The molecular weight excluding hydrogens is 268 g/mol. The first-order chi connectivity index (χ1) is 10.2. The zero-order valence-corrected chi connectivity index (χ0v) is 11.8. The Kier molecular flexibility index (Phi) is 3.71. The van der Waals surface area contributed by atoms with Gasteiger partial charge in [-0.3, -0.25) is 0 Å². The summed E-state index contributed by atoms with van der Waals surface area (Å²) in [6.07, 6.45) is -0.327. The highest BCUT2D eigenvalue weighted by Crippen LogP contribution is 2.42. The van der Waals surface area contributed by atoms with E-state index < -0.39 is 6.10 Å². The molecule has 4 heteroatoms. The van der Waals surface area contributed by atoms with Gasteiger partial charge in [-0.2, -0.15) is 0 Å². The van der Waals surface area contributed by atoms with Crippen LogP contribution in [-0.2, 0) is 0 Å². The fraction of sp³-hybridized carbons (Fsp3) is 0.294. The summed E-state index contributed by atoms with van der Waals surface area (Å²) in [6, 6.07) is 12.7. The highest BCUT2D eigenvalue weighted by Gasteiger charge is 2.28. The van der Waals surface area contributed by atoms with Gasteiger partial charge in [0.05, 0.1) is 12.7 Å². The van der Waals surface area contributed by atoms with Crippen molar-refractivity contribution in [3.63, 3.8) is 0 Å². The monoisotopic (exact) mass is 286 g/mol. The number of rotatable bonds is 3. The van der Waals surface area contributed by atoms with Gasteiger partial charge in [-0.1, -0.05) is 24.3 Å². The van der Waals surface area contributed by atoms with Crippen LogP contribution in [0.15, 0.2) is 42.5 Å². The Morgan fingerprint density at radius 3 is 2.86 bits per heavy atom. The lowest BCUT2D eigenvalue weighted by molar-refractivity contribution is 0.0656. The summed E-state index contributed by atoms with van der Waals surface area (Å²) in [7, 11) is 0. The Hall–Kier alpha value is -2.20. The molecule has 0 saturated heterocycles. The summed E-state index contributed by atoms with van der Waals surface area (Å²) in [5.41, 5.74) is 1.70. The first-order valence-corrected chi connectivity index (χ1v) is 7.08. The highest BCUT2D eigenvalue weighted by molar-refractivity contribution is 5.44. The number of fused-ring (bicyclic) bond motifs is 1. The minimum absolute atomic E-state index is 0.109. The quantitative estimate of drug-likeness (QED) is 0.908. The third-order valence-electron chi connectivity index (χ3n) is 3.64. The van der Waals surface area contributed by atoms with Crippen molar-refractivity contribution in [1.29, 1.82) is 0 Å². The Balaban J connectivity index is 1.90. The van der Waals surface area contributed by atoms with Gasteiger partial charge < -0.3 is 19.7 Å². The van der Waals surface area contributed by atoms with Gasteiger partial charge in [-0.15, -0.1) is 0 Å². The molecular formula is C17H18O4. The van der Waals surface area contributed by atoms with Crippen LogP contribution < -0.4 is 9.47 Å². The second-order valence-electron chi connectivity index (χ2n) is 5.06. The van der Waals surface area contributed by atoms with E-state index in [1.807, 2.05) is 31.2 Å². The Bertz CT molecular complexity index is 638. The molecule has 0 radical (unpaired) electrons. The van der Waals surface area contributed by atoms with Gasteiger partial charge in [0.1, 0.15) is 11.9 Å². The van der Waals surface area contributed by atoms with E-state index in [2.05, 4.69) is 0 Å². The SMILES string of the molecule is CCOc1cc(C2C[C@@H](O)c3ccccc3O2)ccc1O. The van der Waals surface area contributed by atoms with E-state index in [1.54, 1.807) is 18.2 Å². The standard InChI is InChI=1S/C17H18O4/c1-2-20-17-9-11(7-8-13(17)18)16-10-14(19)12-5-3-4-6-15(12)21-16/h3-9,14,16,18-19H,2,10H2,1H3/t14-,16?/m1/s1. The molecule has 2 aromatic carbocycles. The predicted octanol–water partition coefficient (Wildman–Crippen LogP) is 3.35. The molecule has 0 aliphatic carbocycles. The number of benzene rings is 2. The summed E-state index contributed by atoms with van der Waals surface area (Å²) < 4.78 is 11.4. The minimum atomic E-state index is -0.552. The molecule has 1 unspecified atom stereocenters. The first-order valence-electron chi connectivity index (χ1n) is 7.08. The van der Waals surface area contributed by atoms with Crippen molar-refractivity contribution in [2.24, 2.45) is 0 Å². The molecule has 0 spiro atoms. The number of aliphatic hydroxyl groups excluding tert-OH is 1. The van der Waals surface area contributed by atoms with Crippen LogP contribution in [0.4, 0.5) is 0 Å². The van der Waals surface area contributed by atoms with Gasteiger partial charge in [0.15, 0.2) is 11.5 Å². The number of phenols is 1. The Labute approximate surface area is 123 Å². The van der Waals surface area contributed by atoms with E-state index in [-0.39, 0.29) is 11.9 Å². The zero-order chi connectivity index (χ0) is 14.8. The van der Waals surface area contributed by atoms with Crippen LogP contribution in [0, 0.1) is 0 Å². The van der Waals surface area contributed by atoms with Crippen molar-refractivity contribution in [2.75, 3.05) is 6.61 Å². The maximum absolute atomic E-state index is 10.3. The average Bonchev–Trinajstić information content (AvgIpc) is 2.50. The minimum Gasteiger partial charge on any atom is -0.504 e. The summed E-state index contributed by atoms with van der Waals surface area (Å²) in [6.45, 7) is 2.34. The van der Waals surface area contributed by atoms with Crippen molar-refractivity contribution < 1.29 is 19.7 Å². The van der Waals surface area contributed by atoms with E-state index in [0.29, 0.717) is 24.5 Å². The van der Waals surface area contributed by atoms with Crippen LogP contribution in [0.3, 0.4) is 0 Å². The smallest absolute Gasteiger partial charge is 0.161 e. The first kappa shape index (κ1) is 13.8. The lowest BCUT2D eigenvalue weighted by Gasteiger charge is -2.30. The molecule has 110 valence electrons. The second-order valence-corrected chi connectivity index (χ2v) is 5.06. The summed E-state index contributed by atoms with van der Waals surface area (Å²) in [5.74, 6) is 1.25. The molecule has 2 aromatic rings. The lowest BCUT2D eigenvalue weighted by atomic mass is 9.95. The summed E-state index contributed by atoms with van der Waals surface area (Å²) in [4.78, 5) is 0. The molecule has 0 bridgehead atoms. The zero-order valence-electron chi connectivity index (χ0n) is 11.8. The molecule has 2 N–H and O–H groups in total. The molecule has 1 aliphatic rings. The molecule has 0 aromatic heterocycles. The molecule has 1 heterocycles. The lowest BCUT2D eigenvalue weighted by Crippen LogP contribution is -2.19. The van der Waals surface area contributed by atoms with Gasteiger partial charge in [-0.05, 0) is 30.7 Å². The third-order valence-corrected chi connectivity index (χ3v) is 3.64. The number of phenolic OH excluding ortho intramolecular Hbond substituents is 1. The van der Waals surface area contributed by atoms with Crippen molar-refractivity contribution in [1.82, 2.24) is 0 Å². The number of hydrogen-bond acceptors (Lipinski definition) is 4. The fourth-order valence-electron chi connectivity index (χ4n) is 2.60. The van der Waals surface area contributed by atoms with Gasteiger partial charge >= 0.3 is 0 Å². The van der Waals surface area contributed by atoms with Crippen molar-refractivity contribution in [3.8, 4) is 17.2 Å². The van der Waals surface area contributed by atoms with E-state index >= 15 is 0 Å². The number of aliphatic hydroxyl groups is 1. The van der Waals surface area contributed by atoms with Crippen molar-refractivity contribution in [3.05, 3.63) is 53.6 Å². The van der Waals surface area contributed by atoms with E-state index in [9.17, 15) is 10.2 Å². The fourth-order valence-corrected chi connectivity index (χ4v) is 2.60. The number of aromatic hydroxyl groups is 1. The number of para-hydroxylation sites is 1. The van der Waals surface area contributed by atoms with Crippen LogP contribution in [0.2, 0.25) is 0 Å². The van der Waals surface area contributed by atoms with Gasteiger partial charge in [0, 0.05) is 12.0 Å². The van der Waals surface area contributed by atoms with Gasteiger partial charge in [0.25, 0.3) is 0 Å². The summed E-state index contributed by atoms with van der Waals surface area (Å²) in [5, 5.41) is 20.0. The number of hydrogen-bond donors (Lipinski definition) is 2. The number of ether oxygens (including phenoxy) is 2. The third kappa shape index (κ3) is 2.67. The molecule has 2 atom stereocenters. The molecule has 0 fully saturated rings. The maximum atomic E-state index is 10.3. The van der Waals surface area contributed by atoms with Gasteiger partial charge in [0.2, 0.25) is 0 Å². The predicted molar refractivity (Wildman–Crippen MR) is 78.7 cm³/mol. The highest BCUT2D eigenvalue weighted by atomic mass is 16.5. The van der Waals surface area contributed by atoms with Crippen LogP contribution in [-0.4, -0.2) is 16.8 Å². The average molecular weight is 286 g/mol. The molecule has 4 nitrogen and oxygen atoms in total. The molecule has 1 aliphatic heterocycles. The van der Waals surface area contributed by atoms with Crippen molar-refractivity contribution >= 4 is 0 Å². The van der Waals surface area contributed by atoms with E-state index in [0.717, 1.165) is 11.1 Å². The van der Waals surface area contributed by atoms with Crippen LogP contribution in [0.1, 0.15) is 36.7 Å². The van der Waals surface area contributed by atoms with Gasteiger partial charge in [-0.25, -0.2) is 0 Å². The molecule has 21 heavy (non-hydrogen) atoms. The maximum Gasteiger partial charge on any atom is 0.161 e. The van der Waals surface area contributed by atoms with Crippen molar-refractivity contribution in [2.45, 2.75) is 25.6 Å². The normalized spacial score (nSPS) is 20.5. The molecule has 3 rings (SSSR count). The van der Waals surface area contributed by atoms with Crippen LogP contribution >= 0.6 is 0 Å². The van der Waals surface area contributed by atoms with Crippen LogP contribution in [0.5, 0.6) is 17.2 Å². The van der Waals surface area contributed by atoms with E-state index in [1.165, 1.54) is 0 Å². The largest absolute Gasteiger partial charge is 0.504 e. The Morgan fingerprint density at radius 2 is 2.05 bits per heavy atom. The molecule has 0 saturated carbocycles. The Morgan fingerprint density at radius 1 is 1.24 bits per heavy atom. The second kappa shape index (κ2) is 5.66. The summed E-state index contributed by atoms with van der Waals surface area (Å²) >= 11 is 0. The molecule has 0 amide bonds.